The topological polar surface area (TPSA) is 46.9 Å². The minimum absolute atomic E-state index is 0.0427. The number of fused-ring (bicyclic) bond motifs is 1. The summed E-state index contributed by atoms with van der Waals surface area (Å²) in [5.74, 6) is 0.0427. The third-order valence-electron chi connectivity index (χ3n) is 2.64. The van der Waals surface area contributed by atoms with Crippen LogP contribution < -0.4 is 5.32 Å². The van der Waals surface area contributed by atoms with E-state index in [2.05, 4.69) is 10.3 Å². The predicted octanol–water partition coefficient (Wildman–Crippen LogP) is 2.52. The van der Waals surface area contributed by atoms with E-state index in [4.69, 9.17) is 0 Å². The van der Waals surface area contributed by atoms with E-state index in [0.29, 0.717) is 6.42 Å². The quantitative estimate of drug-likeness (QED) is 0.839. The molecule has 2 heterocycles. The van der Waals surface area contributed by atoms with Gasteiger partial charge < -0.3 is 9.88 Å². The Morgan fingerprint density at radius 2 is 2.29 bits per heavy atom. The molecule has 0 spiro atoms. The third-order valence-corrected chi connectivity index (χ3v) is 3.93. The fourth-order valence-electron chi connectivity index (χ4n) is 1.83. The van der Waals surface area contributed by atoms with Gasteiger partial charge in [-0.2, -0.15) is 0 Å². The van der Waals surface area contributed by atoms with Crippen molar-refractivity contribution in [3.8, 4) is 0 Å². The summed E-state index contributed by atoms with van der Waals surface area (Å²) in [5.41, 5.74) is 0.894. The van der Waals surface area contributed by atoms with Gasteiger partial charge in [-0.1, -0.05) is 23.9 Å². The summed E-state index contributed by atoms with van der Waals surface area (Å²) < 4.78 is 1.96. The van der Waals surface area contributed by atoms with Crippen LogP contribution in [0.4, 0.5) is 5.69 Å². The number of thioether (sulfide) groups is 1. The van der Waals surface area contributed by atoms with Crippen molar-refractivity contribution in [2.75, 3.05) is 5.32 Å². The number of hydrogen-bond acceptors (Lipinski definition) is 3. The Hall–Kier alpha value is -1.75. The molecule has 17 heavy (non-hydrogen) atoms. The SMILES string of the molecule is O=C1CC(n2ccnc2)Sc2ccccc2N1. The molecule has 1 N–H and O–H groups in total. The van der Waals surface area contributed by atoms with Gasteiger partial charge in [0.2, 0.25) is 5.91 Å². The van der Waals surface area contributed by atoms with Crippen molar-refractivity contribution < 1.29 is 4.79 Å². The summed E-state index contributed by atoms with van der Waals surface area (Å²) in [6.07, 6.45) is 5.82. The Morgan fingerprint density at radius 1 is 1.41 bits per heavy atom. The first kappa shape index (κ1) is 10.4. The molecular formula is C12H11N3OS. The monoisotopic (exact) mass is 245 g/mol. The smallest absolute Gasteiger partial charge is 0.227 e. The molecule has 0 saturated carbocycles. The lowest BCUT2D eigenvalue weighted by molar-refractivity contribution is -0.116. The van der Waals surface area contributed by atoms with Crippen LogP contribution in [0.5, 0.6) is 0 Å². The lowest BCUT2D eigenvalue weighted by Gasteiger charge is -2.13. The van der Waals surface area contributed by atoms with E-state index in [1.165, 1.54) is 0 Å². The van der Waals surface area contributed by atoms with Crippen LogP contribution in [0.25, 0.3) is 0 Å². The summed E-state index contributed by atoms with van der Waals surface area (Å²) in [5, 5.41) is 2.99. The van der Waals surface area contributed by atoms with Crippen LogP contribution >= 0.6 is 11.8 Å². The molecule has 86 valence electrons. The summed E-state index contributed by atoms with van der Waals surface area (Å²) in [6, 6.07) is 7.86. The van der Waals surface area contributed by atoms with Crippen LogP contribution in [0.3, 0.4) is 0 Å². The second kappa shape index (κ2) is 4.25. The average Bonchev–Trinajstić information content (AvgIpc) is 2.79. The van der Waals surface area contributed by atoms with Crippen LogP contribution in [0, 0.1) is 0 Å². The number of nitrogens with zero attached hydrogens (tertiary/aromatic N) is 2. The molecule has 4 nitrogen and oxygen atoms in total. The van der Waals surface area contributed by atoms with Crippen molar-refractivity contribution in [3.05, 3.63) is 43.0 Å². The number of amides is 1. The minimum atomic E-state index is 0.0427. The van der Waals surface area contributed by atoms with Crippen LogP contribution in [0.1, 0.15) is 11.8 Å². The molecule has 1 aliphatic rings. The lowest BCUT2D eigenvalue weighted by atomic mass is 10.3. The van der Waals surface area contributed by atoms with Crippen molar-refractivity contribution in [2.24, 2.45) is 0 Å². The van der Waals surface area contributed by atoms with Gasteiger partial charge in [-0.3, -0.25) is 4.79 Å². The Morgan fingerprint density at radius 3 is 3.12 bits per heavy atom. The third kappa shape index (κ3) is 2.06. The van der Waals surface area contributed by atoms with Crippen LogP contribution in [0.2, 0.25) is 0 Å². The van der Waals surface area contributed by atoms with E-state index in [0.717, 1.165) is 10.6 Å². The van der Waals surface area contributed by atoms with Gasteiger partial charge >= 0.3 is 0 Å². The normalized spacial score (nSPS) is 19.3. The summed E-state index contributed by atoms with van der Waals surface area (Å²) in [4.78, 5) is 16.9. The van der Waals surface area contributed by atoms with Gasteiger partial charge in [0.1, 0.15) is 0 Å². The van der Waals surface area contributed by atoms with Crippen molar-refractivity contribution in [1.29, 1.82) is 0 Å². The fourth-order valence-corrected chi connectivity index (χ4v) is 3.00. The number of hydrogen-bond donors (Lipinski definition) is 1. The Labute approximate surface area is 103 Å². The molecule has 0 bridgehead atoms. The summed E-state index contributed by atoms with van der Waals surface area (Å²) in [7, 11) is 0. The highest BCUT2D eigenvalue weighted by Gasteiger charge is 2.22. The number of aromatic nitrogens is 2. The van der Waals surface area contributed by atoms with Crippen LogP contribution in [-0.4, -0.2) is 15.5 Å². The van der Waals surface area contributed by atoms with Crippen LogP contribution in [0.15, 0.2) is 47.9 Å². The first-order valence-corrected chi connectivity index (χ1v) is 6.24. The first-order valence-electron chi connectivity index (χ1n) is 5.36. The zero-order valence-electron chi connectivity index (χ0n) is 9.04. The first-order chi connectivity index (χ1) is 8.33. The zero-order chi connectivity index (χ0) is 11.7. The Bertz CT molecular complexity index is 538. The highest BCUT2D eigenvalue weighted by molar-refractivity contribution is 7.99. The Balaban J connectivity index is 1.98. The zero-order valence-corrected chi connectivity index (χ0v) is 9.85. The minimum Gasteiger partial charge on any atom is -0.325 e. The molecule has 0 fully saturated rings. The van der Waals surface area contributed by atoms with E-state index in [9.17, 15) is 4.79 Å². The highest BCUT2D eigenvalue weighted by atomic mass is 32.2. The fraction of sp³-hybridized carbons (Fsp3) is 0.167. The molecule has 3 rings (SSSR count). The van der Waals surface area contributed by atoms with E-state index >= 15 is 0 Å². The summed E-state index contributed by atoms with van der Waals surface area (Å²) >= 11 is 1.68. The molecule has 1 atom stereocenters. The van der Waals surface area contributed by atoms with Crippen molar-refractivity contribution >= 4 is 23.4 Å². The maximum atomic E-state index is 11.8. The number of imidazole rings is 1. The number of nitrogens with one attached hydrogen (secondary N) is 1. The molecule has 0 saturated heterocycles. The van der Waals surface area contributed by atoms with Gasteiger partial charge in [0.05, 0.1) is 23.8 Å². The molecule has 1 aromatic carbocycles. The van der Waals surface area contributed by atoms with Crippen molar-refractivity contribution in [1.82, 2.24) is 9.55 Å². The molecule has 1 amide bonds. The van der Waals surface area contributed by atoms with Crippen molar-refractivity contribution in [3.63, 3.8) is 0 Å². The van der Waals surface area contributed by atoms with Crippen molar-refractivity contribution in [2.45, 2.75) is 16.7 Å². The lowest BCUT2D eigenvalue weighted by Crippen LogP contribution is -2.14. The largest absolute Gasteiger partial charge is 0.325 e. The van der Waals surface area contributed by atoms with E-state index in [1.54, 1.807) is 24.3 Å². The number of rotatable bonds is 1. The van der Waals surface area contributed by atoms with E-state index in [-0.39, 0.29) is 11.3 Å². The number of carbonyl (C=O) groups is 1. The molecule has 1 aliphatic heterocycles. The van der Waals surface area contributed by atoms with Gasteiger partial charge in [0, 0.05) is 17.3 Å². The standard InChI is InChI=1S/C12H11N3OS/c16-11-7-12(15-6-5-13-8-15)17-10-4-2-1-3-9(10)14-11/h1-6,8,12H,7H2,(H,14,16). The van der Waals surface area contributed by atoms with E-state index in [1.807, 2.05) is 35.0 Å². The summed E-state index contributed by atoms with van der Waals surface area (Å²) in [6.45, 7) is 0. The molecule has 1 aromatic heterocycles. The maximum absolute atomic E-state index is 11.8. The second-order valence-corrected chi connectivity index (χ2v) is 5.05. The average molecular weight is 245 g/mol. The van der Waals surface area contributed by atoms with Gasteiger partial charge in [-0.25, -0.2) is 4.98 Å². The highest BCUT2D eigenvalue weighted by Crippen LogP contribution is 2.40. The molecule has 5 heteroatoms. The molecule has 0 radical (unpaired) electrons. The maximum Gasteiger partial charge on any atom is 0.227 e. The molecule has 2 aromatic rings. The van der Waals surface area contributed by atoms with Gasteiger partial charge in [0.15, 0.2) is 0 Å². The van der Waals surface area contributed by atoms with Gasteiger partial charge in [0.25, 0.3) is 0 Å². The molecule has 1 unspecified atom stereocenters. The predicted molar refractivity (Wildman–Crippen MR) is 66.8 cm³/mol. The van der Waals surface area contributed by atoms with Gasteiger partial charge in [-0.15, -0.1) is 0 Å². The van der Waals surface area contributed by atoms with Gasteiger partial charge in [-0.05, 0) is 12.1 Å². The Kier molecular flexibility index (Phi) is 2.60. The molecular weight excluding hydrogens is 234 g/mol. The number of carbonyl (C=O) groups excluding carboxylic acids is 1. The number of anilines is 1. The second-order valence-electron chi connectivity index (χ2n) is 3.83. The van der Waals surface area contributed by atoms with E-state index < -0.39 is 0 Å². The number of para-hydroxylation sites is 1. The number of benzene rings is 1. The molecule has 0 aliphatic carbocycles. The van der Waals surface area contributed by atoms with Crippen LogP contribution in [-0.2, 0) is 4.79 Å².